The topological polar surface area (TPSA) is 65.1 Å². The number of ether oxygens (including phenoxy) is 1. The van der Waals surface area contributed by atoms with Gasteiger partial charge >= 0.3 is 6.61 Å². The van der Waals surface area contributed by atoms with Gasteiger partial charge in [-0.15, -0.1) is 0 Å². The third-order valence-corrected chi connectivity index (χ3v) is 2.79. The van der Waals surface area contributed by atoms with E-state index in [1.54, 1.807) is 12.5 Å². The average Bonchev–Trinajstić information content (AvgIpc) is 2.92. The number of halogens is 3. The van der Waals surface area contributed by atoms with E-state index in [2.05, 4.69) is 15.0 Å². The van der Waals surface area contributed by atoms with Crippen LogP contribution in [-0.4, -0.2) is 22.7 Å². The van der Waals surface area contributed by atoms with Gasteiger partial charge in [-0.2, -0.15) is 8.78 Å². The summed E-state index contributed by atoms with van der Waals surface area (Å²) in [6.07, 6.45) is 5.97. The molecule has 0 bridgehead atoms. The number of imidazole rings is 1. The van der Waals surface area contributed by atoms with Crippen molar-refractivity contribution in [3.63, 3.8) is 0 Å². The van der Waals surface area contributed by atoms with Gasteiger partial charge in [0.15, 0.2) is 11.6 Å². The summed E-state index contributed by atoms with van der Waals surface area (Å²) in [6.45, 7) is -1.80. The second-order valence-corrected chi connectivity index (χ2v) is 4.33. The van der Waals surface area contributed by atoms with Crippen molar-refractivity contribution in [1.82, 2.24) is 9.55 Å². The minimum absolute atomic E-state index is 0.136. The summed E-state index contributed by atoms with van der Waals surface area (Å²) >= 11 is 0. The first kappa shape index (κ1) is 15.0. The van der Waals surface area contributed by atoms with Crippen molar-refractivity contribution >= 4 is 11.4 Å². The molecule has 5 nitrogen and oxygen atoms in total. The first-order valence-corrected chi connectivity index (χ1v) is 6.29. The molecule has 0 saturated carbocycles. The average molecular weight is 300 g/mol. The van der Waals surface area contributed by atoms with E-state index >= 15 is 0 Å². The normalized spacial score (nSPS) is 10.9. The van der Waals surface area contributed by atoms with Crippen LogP contribution in [-0.2, 0) is 6.54 Å². The number of alkyl halides is 2. The first-order valence-electron chi connectivity index (χ1n) is 6.29. The van der Waals surface area contributed by atoms with Crippen LogP contribution in [0.4, 0.5) is 24.5 Å². The number of nitrogens with zero attached hydrogens (tertiary/aromatic N) is 2. The predicted molar refractivity (Wildman–Crippen MR) is 72.8 cm³/mol. The van der Waals surface area contributed by atoms with Crippen molar-refractivity contribution in [1.29, 1.82) is 0 Å². The molecule has 0 aliphatic heterocycles. The summed E-state index contributed by atoms with van der Waals surface area (Å²) in [5.41, 5.74) is 6.13. The minimum Gasteiger partial charge on any atom is -0.432 e. The largest absolute Gasteiger partial charge is 0.432 e. The van der Waals surface area contributed by atoms with E-state index in [0.29, 0.717) is 12.2 Å². The highest BCUT2D eigenvalue weighted by Gasteiger charge is 2.13. The Labute approximate surface area is 119 Å². The van der Waals surface area contributed by atoms with Crippen LogP contribution in [0.3, 0.4) is 0 Å². The van der Waals surface area contributed by atoms with Gasteiger partial charge in [0.2, 0.25) is 0 Å². The number of hydrogen-bond acceptors (Lipinski definition) is 4. The highest BCUT2D eigenvalue weighted by molar-refractivity contribution is 5.68. The number of rotatable bonds is 7. The summed E-state index contributed by atoms with van der Waals surface area (Å²) in [5, 5.41) is 2.97. The van der Waals surface area contributed by atoms with E-state index in [9.17, 15) is 13.2 Å². The Kier molecular flexibility index (Phi) is 4.91. The van der Waals surface area contributed by atoms with Gasteiger partial charge in [0.25, 0.3) is 0 Å². The first-order chi connectivity index (χ1) is 10.1. The molecule has 0 unspecified atom stereocenters. The summed E-state index contributed by atoms with van der Waals surface area (Å²) in [7, 11) is 0. The minimum atomic E-state index is -3.09. The highest BCUT2D eigenvalue weighted by atomic mass is 19.3. The van der Waals surface area contributed by atoms with Crippen molar-refractivity contribution in [3.05, 3.63) is 36.7 Å². The van der Waals surface area contributed by atoms with Gasteiger partial charge in [0.05, 0.1) is 17.7 Å². The summed E-state index contributed by atoms with van der Waals surface area (Å²) in [6, 6.07) is 2.09. The fraction of sp³-hybridized carbons (Fsp3) is 0.308. The van der Waals surface area contributed by atoms with E-state index < -0.39 is 18.2 Å². The molecule has 0 atom stereocenters. The van der Waals surface area contributed by atoms with Crippen molar-refractivity contribution in [3.8, 4) is 5.75 Å². The SMILES string of the molecule is Nc1cc(F)c(OC(F)F)cc1NCCCn1ccnc1. The number of nitrogens with one attached hydrogen (secondary N) is 1. The molecule has 114 valence electrons. The Balaban J connectivity index is 1.92. The molecule has 21 heavy (non-hydrogen) atoms. The number of aromatic nitrogens is 2. The second kappa shape index (κ2) is 6.87. The van der Waals surface area contributed by atoms with Gasteiger partial charge < -0.3 is 20.4 Å². The molecule has 0 saturated heterocycles. The number of nitrogens with two attached hydrogens (primary N) is 1. The monoisotopic (exact) mass is 300 g/mol. The Hall–Kier alpha value is -2.38. The summed E-state index contributed by atoms with van der Waals surface area (Å²) in [5.74, 6) is -1.45. The zero-order chi connectivity index (χ0) is 15.2. The van der Waals surface area contributed by atoms with Gasteiger partial charge in [0, 0.05) is 37.6 Å². The van der Waals surface area contributed by atoms with Crippen LogP contribution in [0, 0.1) is 5.82 Å². The Bertz CT molecular complexity index is 575. The van der Waals surface area contributed by atoms with Crippen LogP contribution < -0.4 is 15.8 Å². The molecule has 0 fully saturated rings. The number of nitrogen functional groups attached to an aromatic ring is 1. The maximum atomic E-state index is 13.4. The lowest BCUT2D eigenvalue weighted by Gasteiger charge is -2.13. The number of hydrogen-bond donors (Lipinski definition) is 2. The lowest BCUT2D eigenvalue weighted by molar-refractivity contribution is -0.0521. The van der Waals surface area contributed by atoms with Gasteiger partial charge in [0.1, 0.15) is 0 Å². The number of aryl methyl sites for hydroxylation is 1. The molecule has 3 N–H and O–H groups in total. The van der Waals surface area contributed by atoms with E-state index in [4.69, 9.17) is 5.73 Å². The third kappa shape index (κ3) is 4.30. The van der Waals surface area contributed by atoms with E-state index in [-0.39, 0.29) is 5.69 Å². The second-order valence-electron chi connectivity index (χ2n) is 4.33. The quantitative estimate of drug-likeness (QED) is 0.609. The Morgan fingerprint density at radius 2 is 2.19 bits per heavy atom. The molecule has 0 aliphatic carbocycles. The van der Waals surface area contributed by atoms with Crippen LogP contribution in [0.15, 0.2) is 30.9 Å². The van der Waals surface area contributed by atoms with Gasteiger partial charge in [-0.05, 0) is 6.42 Å². The predicted octanol–water partition coefficient (Wildman–Crippen LogP) is 2.71. The molecule has 2 rings (SSSR count). The van der Waals surface area contributed by atoms with Crippen molar-refractivity contribution in [2.24, 2.45) is 0 Å². The molecule has 1 aromatic carbocycles. The molecule has 1 heterocycles. The zero-order valence-electron chi connectivity index (χ0n) is 11.1. The fourth-order valence-electron chi connectivity index (χ4n) is 1.81. The lowest BCUT2D eigenvalue weighted by Crippen LogP contribution is -2.09. The molecule has 2 aromatic rings. The van der Waals surface area contributed by atoms with Crippen LogP contribution in [0.25, 0.3) is 0 Å². The van der Waals surface area contributed by atoms with Gasteiger partial charge in [-0.25, -0.2) is 9.37 Å². The highest BCUT2D eigenvalue weighted by Crippen LogP contribution is 2.29. The molecular formula is C13H15F3N4O. The van der Waals surface area contributed by atoms with Crippen LogP contribution in [0.2, 0.25) is 0 Å². The van der Waals surface area contributed by atoms with Crippen molar-refractivity contribution < 1.29 is 17.9 Å². The zero-order valence-corrected chi connectivity index (χ0v) is 11.1. The molecular weight excluding hydrogens is 285 g/mol. The van der Waals surface area contributed by atoms with Crippen molar-refractivity contribution in [2.45, 2.75) is 19.6 Å². The summed E-state index contributed by atoms with van der Waals surface area (Å²) < 4.78 is 43.7. The molecule has 0 spiro atoms. The van der Waals surface area contributed by atoms with Gasteiger partial charge in [-0.3, -0.25) is 0 Å². The van der Waals surface area contributed by atoms with Gasteiger partial charge in [-0.1, -0.05) is 0 Å². The maximum absolute atomic E-state index is 13.4. The number of anilines is 2. The molecule has 8 heteroatoms. The summed E-state index contributed by atoms with van der Waals surface area (Å²) in [4.78, 5) is 3.92. The molecule has 0 radical (unpaired) electrons. The maximum Gasteiger partial charge on any atom is 0.387 e. The van der Waals surface area contributed by atoms with E-state index in [1.165, 1.54) is 0 Å². The van der Waals surface area contributed by atoms with Crippen molar-refractivity contribution in [2.75, 3.05) is 17.6 Å². The molecule has 0 aliphatic rings. The smallest absolute Gasteiger partial charge is 0.387 e. The van der Waals surface area contributed by atoms with Crippen LogP contribution >= 0.6 is 0 Å². The van der Waals surface area contributed by atoms with E-state index in [0.717, 1.165) is 25.1 Å². The van der Waals surface area contributed by atoms with Crippen LogP contribution in [0.5, 0.6) is 5.75 Å². The fourth-order valence-corrected chi connectivity index (χ4v) is 1.81. The molecule has 1 aromatic heterocycles. The van der Waals surface area contributed by atoms with Crippen LogP contribution in [0.1, 0.15) is 6.42 Å². The standard InChI is InChI=1S/C13H15F3N4O/c14-9-6-10(17)11(7-12(9)21-13(15)16)19-2-1-4-20-5-3-18-8-20/h3,5-8,13,19H,1-2,4,17H2. The Morgan fingerprint density at radius 1 is 1.38 bits per heavy atom. The molecule has 0 amide bonds. The number of benzene rings is 1. The third-order valence-electron chi connectivity index (χ3n) is 2.79. The lowest BCUT2D eigenvalue weighted by atomic mass is 10.2. The Morgan fingerprint density at radius 3 is 2.86 bits per heavy atom. The van der Waals surface area contributed by atoms with E-state index in [1.807, 2.05) is 10.8 Å².